The number of nitrogens with zero attached hydrogens (tertiary/aromatic N) is 5. The van der Waals surface area contributed by atoms with E-state index in [1.807, 2.05) is 39.0 Å². The molecule has 0 fully saturated rings. The summed E-state index contributed by atoms with van der Waals surface area (Å²) in [5.74, 6) is -0.106. The first kappa shape index (κ1) is 25.8. The number of ketones is 1. The maximum Gasteiger partial charge on any atom is 0.266 e. The quantitative estimate of drug-likeness (QED) is 0.346. The van der Waals surface area contributed by atoms with Gasteiger partial charge < -0.3 is 11.1 Å². The van der Waals surface area contributed by atoms with Crippen LogP contribution in [0.1, 0.15) is 55.5 Å². The highest BCUT2D eigenvalue weighted by Crippen LogP contribution is 2.24. The van der Waals surface area contributed by atoms with Crippen LogP contribution in [0.5, 0.6) is 0 Å². The highest BCUT2D eigenvalue weighted by Gasteiger charge is 2.26. The number of benzene rings is 2. The van der Waals surface area contributed by atoms with Crippen molar-refractivity contribution in [3.63, 3.8) is 0 Å². The molecule has 0 aliphatic heterocycles. The molecule has 0 saturated carbocycles. The third kappa shape index (κ3) is 4.76. The van der Waals surface area contributed by atoms with Crippen LogP contribution < -0.4 is 16.6 Å². The van der Waals surface area contributed by atoms with E-state index in [0.717, 1.165) is 0 Å². The summed E-state index contributed by atoms with van der Waals surface area (Å²) in [6, 6.07) is 15.4. The van der Waals surface area contributed by atoms with Crippen molar-refractivity contribution >= 4 is 34.1 Å². The van der Waals surface area contributed by atoms with Crippen molar-refractivity contribution in [1.82, 2.24) is 29.5 Å². The fourth-order valence-electron chi connectivity index (χ4n) is 4.47. The predicted octanol–water partition coefficient (Wildman–Crippen LogP) is 3.66. The van der Waals surface area contributed by atoms with Gasteiger partial charge in [-0.15, -0.1) is 5.10 Å². The Balaban J connectivity index is 1.63. The lowest BCUT2D eigenvalue weighted by Gasteiger charge is -2.21. The second-order valence-corrected chi connectivity index (χ2v) is 10.5. The SMILES string of the molecule is CC(NC(=O)c1c(N)nn2cccnc12)c1nc2cccc(CC(=O)C(C)(C)C)c2c(=O)n1-c1ccccc1. The maximum absolute atomic E-state index is 14.1. The van der Waals surface area contributed by atoms with Crippen LogP contribution in [-0.2, 0) is 11.2 Å². The molecule has 0 saturated heterocycles. The molecule has 0 radical (unpaired) electrons. The molecule has 198 valence electrons. The summed E-state index contributed by atoms with van der Waals surface area (Å²) in [7, 11) is 0. The van der Waals surface area contributed by atoms with Crippen LogP contribution in [-0.4, -0.2) is 35.8 Å². The Labute approximate surface area is 224 Å². The summed E-state index contributed by atoms with van der Waals surface area (Å²) in [6.07, 6.45) is 3.31. The van der Waals surface area contributed by atoms with Crippen molar-refractivity contribution in [3.8, 4) is 5.69 Å². The monoisotopic (exact) mass is 523 g/mol. The van der Waals surface area contributed by atoms with Gasteiger partial charge in [-0.25, -0.2) is 14.5 Å². The van der Waals surface area contributed by atoms with E-state index in [1.165, 1.54) is 9.08 Å². The number of para-hydroxylation sites is 1. The van der Waals surface area contributed by atoms with Gasteiger partial charge in [0.1, 0.15) is 17.2 Å². The van der Waals surface area contributed by atoms with E-state index >= 15 is 0 Å². The van der Waals surface area contributed by atoms with Crippen LogP contribution >= 0.6 is 0 Å². The number of nitrogen functional groups attached to an aromatic ring is 1. The highest BCUT2D eigenvalue weighted by molar-refractivity contribution is 6.04. The lowest BCUT2D eigenvalue weighted by molar-refractivity contribution is -0.125. The minimum Gasteiger partial charge on any atom is -0.381 e. The summed E-state index contributed by atoms with van der Waals surface area (Å²) in [5.41, 5.74) is 7.27. The molecule has 1 atom stereocenters. The van der Waals surface area contributed by atoms with Gasteiger partial charge in [0, 0.05) is 24.2 Å². The summed E-state index contributed by atoms with van der Waals surface area (Å²) < 4.78 is 2.92. The second kappa shape index (κ2) is 9.79. The van der Waals surface area contributed by atoms with Gasteiger partial charge in [0.05, 0.1) is 22.6 Å². The standard InChI is InChI=1S/C29H29N7O3/c1-17(32-27(38)23-24(30)34-35-15-9-14-31-26(23)35)25-33-20-13-8-10-18(16-21(37)29(2,3)4)22(20)28(39)36(25)19-11-6-5-7-12-19/h5-15,17H,16H2,1-4H3,(H2,30,34)(H,32,38). The Hall–Kier alpha value is -4.86. The molecule has 1 unspecified atom stereocenters. The Kier molecular flexibility index (Phi) is 6.47. The number of hydrogen-bond acceptors (Lipinski definition) is 7. The third-order valence-corrected chi connectivity index (χ3v) is 6.60. The number of amides is 1. The van der Waals surface area contributed by atoms with Gasteiger partial charge >= 0.3 is 0 Å². The molecule has 10 heteroatoms. The van der Waals surface area contributed by atoms with Crippen LogP contribution in [0.4, 0.5) is 5.82 Å². The molecule has 3 aromatic heterocycles. The highest BCUT2D eigenvalue weighted by atomic mass is 16.2. The third-order valence-electron chi connectivity index (χ3n) is 6.60. The molecule has 5 aromatic rings. The van der Waals surface area contributed by atoms with Gasteiger partial charge in [-0.1, -0.05) is 51.1 Å². The Morgan fingerprint density at radius 3 is 2.51 bits per heavy atom. The molecule has 0 aliphatic carbocycles. The smallest absolute Gasteiger partial charge is 0.266 e. The van der Waals surface area contributed by atoms with E-state index in [0.29, 0.717) is 33.6 Å². The zero-order valence-electron chi connectivity index (χ0n) is 22.2. The van der Waals surface area contributed by atoms with Crippen LogP contribution in [0.3, 0.4) is 0 Å². The molecule has 1 amide bonds. The number of nitrogens with one attached hydrogen (secondary N) is 1. The Morgan fingerprint density at radius 1 is 1.05 bits per heavy atom. The summed E-state index contributed by atoms with van der Waals surface area (Å²) in [5, 5.41) is 7.44. The normalized spacial score (nSPS) is 12.5. The topological polar surface area (TPSA) is 137 Å². The number of anilines is 1. The van der Waals surface area contributed by atoms with Gasteiger partial charge in [-0.2, -0.15) is 0 Å². The lowest BCUT2D eigenvalue weighted by Crippen LogP contribution is -2.34. The summed E-state index contributed by atoms with van der Waals surface area (Å²) in [4.78, 5) is 49.4. The predicted molar refractivity (Wildman–Crippen MR) is 149 cm³/mol. The number of aromatic nitrogens is 5. The van der Waals surface area contributed by atoms with Gasteiger partial charge in [-0.05, 0) is 36.8 Å². The zero-order valence-corrected chi connectivity index (χ0v) is 22.2. The number of carbonyl (C=O) groups is 2. The number of fused-ring (bicyclic) bond motifs is 2. The first-order valence-electron chi connectivity index (χ1n) is 12.6. The minimum absolute atomic E-state index is 0.0185. The fourth-order valence-corrected chi connectivity index (χ4v) is 4.47. The van der Waals surface area contributed by atoms with Crippen molar-refractivity contribution < 1.29 is 9.59 Å². The number of Topliss-reactive ketones (excluding diaryl/α,β-unsaturated/α-hetero) is 1. The lowest BCUT2D eigenvalue weighted by atomic mass is 9.86. The van der Waals surface area contributed by atoms with Crippen molar-refractivity contribution in [1.29, 1.82) is 0 Å². The molecule has 3 heterocycles. The van der Waals surface area contributed by atoms with Gasteiger partial charge in [0.25, 0.3) is 11.5 Å². The van der Waals surface area contributed by atoms with Crippen LogP contribution in [0.2, 0.25) is 0 Å². The molecule has 39 heavy (non-hydrogen) atoms. The van der Waals surface area contributed by atoms with E-state index < -0.39 is 17.4 Å². The maximum atomic E-state index is 14.1. The summed E-state index contributed by atoms with van der Waals surface area (Å²) >= 11 is 0. The number of nitrogens with two attached hydrogens (primary N) is 1. The first-order chi connectivity index (χ1) is 18.6. The van der Waals surface area contributed by atoms with E-state index in [4.69, 9.17) is 10.7 Å². The average molecular weight is 524 g/mol. The molecular weight excluding hydrogens is 494 g/mol. The molecular formula is C29H29N7O3. The largest absolute Gasteiger partial charge is 0.381 e. The van der Waals surface area contributed by atoms with E-state index in [1.54, 1.807) is 55.7 Å². The van der Waals surface area contributed by atoms with Crippen LogP contribution in [0.25, 0.3) is 22.2 Å². The summed E-state index contributed by atoms with van der Waals surface area (Å²) in [6.45, 7) is 7.31. The van der Waals surface area contributed by atoms with Crippen LogP contribution in [0, 0.1) is 5.41 Å². The fraction of sp³-hybridized carbons (Fsp3) is 0.241. The molecule has 5 rings (SSSR count). The molecule has 3 N–H and O–H groups in total. The number of rotatable bonds is 6. The van der Waals surface area contributed by atoms with Gasteiger partial charge in [0.2, 0.25) is 0 Å². The number of hydrogen-bond donors (Lipinski definition) is 2. The minimum atomic E-state index is -0.701. The first-order valence-corrected chi connectivity index (χ1v) is 12.6. The average Bonchev–Trinajstić information content (AvgIpc) is 3.24. The molecule has 2 aromatic carbocycles. The van der Waals surface area contributed by atoms with E-state index in [-0.39, 0.29) is 29.1 Å². The molecule has 10 nitrogen and oxygen atoms in total. The van der Waals surface area contributed by atoms with Crippen molar-refractivity contribution in [2.75, 3.05) is 5.73 Å². The Morgan fingerprint density at radius 2 is 1.79 bits per heavy atom. The van der Waals surface area contributed by atoms with Crippen molar-refractivity contribution in [3.05, 3.63) is 94.3 Å². The zero-order chi connectivity index (χ0) is 27.9. The second-order valence-electron chi connectivity index (χ2n) is 10.5. The van der Waals surface area contributed by atoms with Crippen LogP contribution in [0.15, 0.2) is 71.8 Å². The number of carbonyl (C=O) groups excluding carboxylic acids is 2. The van der Waals surface area contributed by atoms with Crippen molar-refractivity contribution in [2.45, 2.75) is 40.2 Å². The van der Waals surface area contributed by atoms with E-state index in [9.17, 15) is 14.4 Å². The molecule has 0 aliphatic rings. The molecule has 0 bridgehead atoms. The molecule has 0 spiro atoms. The van der Waals surface area contributed by atoms with Gasteiger partial charge in [0.15, 0.2) is 11.5 Å². The van der Waals surface area contributed by atoms with Gasteiger partial charge in [-0.3, -0.25) is 19.0 Å². The van der Waals surface area contributed by atoms with E-state index in [2.05, 4.69) is 15.4 Å². The van der Waals surface area contributed by atoms with Crippen molar-refractivity contribution in [2.24, 2.45) is 5.41 Å². The Bertz CT molecular complexity index is 1780.